The van der Waals surface area contributed by atoms with Crippen LogP contribution < -0.4 is 4.90 Å². The maximum atomic E-state index is 6.50. The van der Waals surface area contributed by atoms with E-state index in [1.807, 2.05) is 30.3 Å². The first kappa shape index (κ1) is 31.5. The van der Waals surface area contributed by atoms with E-state index in [2.05, 4.69) is 181 Å². The van der Waals surface area contributed by atoms with Crippen LogP contribution in [0.3, 0.4) is 0 Å². The van der Waals surface area contributed by atoms with Crippen LogP contribution >= 0.6 is 0 Å². The lowest BCUT2D eigenvalue weighted by Crippen LogP contribution is -2.09. The van der Waals surface area contributed by atoms with E-state index in [-0.39, 0.29) is 0 Å². The van der Waals surface area contributed by atoms with Crippen LogP contribution in [-0.2, 0) is 0 Å². The zero-order valence-corrected chi connectivity index (χ0v) is 29.4. The Morgan fingerprint density at radius 3 is 1.56 bits per heavy atom. The molecule has 10 rings (SSSR count). The van der Waals surface area contributed by atoms with Gasteiger partial charge in [0.05, 0.1) is 0 Å². The first-order chi connectivity index (χ1) is 26.8. The lowest BCUT2D eigenvalue weighted by Gasteiger charge is -2.26. The molecule has 10 aromatic rings. The molecule has 0 spiro atoms. The second-order valence-electron chi connectivity index (χ2n) is 13.6. The van der Waals surface area contributed by atoms with Gasteiger partial charge in [0.15, 0.2) is 5.58 Å². The fourth-order valence-electron chi connectivity index (χ4n) is 7.60. The Morgan fingerprint density at radius 1 is 0.352 bits per heavy atom. The molecule has 0 aliphatic carbocycles. The van der Waals surface area contributed by atoms with Crippen LogP contribution in [0, 0.1) is 0 Å². The van der Waals surface area contributed by atoms with Gasteiger partial charge in [-0.05, 0) is 98.6 Å². The number of fused-ring (bicyclic) bond motifs is 4. The Labute approximate surface area is 314 Å². The van der Waals surface area contributed by atoms with E-state index in [0.717, 1.165) is 66.8 Å². The Kier molecular flexibility index (Phi) is 7.81. The summed E-state index contributed by atoms with van der Waals surface area (Å²) in [5, 5.41) is 4.73. The van der Waals surface area contributed by atoms with Gasteiger partial charge in [0.1, 0.15) is 5.52 Å². The van der Waals surface area contributed by atoms with E-state index in [1.54, 1.807) is 0 Å². The largest absolute Gasteiger partial charge is 0.435 e. The van der Waals surface area contributed by atoms with Crippen molar-refractivity contribution in [1.29, 1.82) is 0 Å². The van der Waals surface area contributed by atoms with Crippen molar-refractivity contribution < 1.29 is 4.42 Å². The van der Waals surface area contributed by atoms with Gasteiger partial charge in [-0.1, -0.05) is 152 Å². The zero-order chi connectivity index (χ0) is 35.8. The molecular weight excluding hydrogens is 657 g/mol. The highest BCUT2D eigenvalue weighted by Gasteiger charge is 2.18. The molecule has 0 amide bonds. The number of oxazole rings is 1. The van der Waals surface area contributed by atoms with Gasteiger partial charge in [0.2, 0.25) is 5.89 Å². The van der Waals surface area contributed by atoms with Gasteiger partial charge in [0.25, 0.3) is 0 Å². The normalized spacial score (nSPS) is 11.3. The standard InChI is InChI=1S/C51H34N2O/c1-3-13-40(14-4-1)51-52-49-47-20-10-8-15-41(47)34-48(50(49)54-51)39-24-22-35(23-25-39)36-26-30-43(31-27-36)53(42-17-5-2-6-18-42)44-32-28-38(29-33-44)46-21-11-16-37-12-7-9-19-45(37)46/h1-34H. The van der Waals surface area contributed by atoms with Gasteiger partial charge >= 0.3 is 0 Å². The molecule has 0 radical (unpaired) electrons. The van der Waals surface area contributed by atoms with E-state index in [9.17, 15) is 0 Å². The maximum absolute atomic E-state index is 6.50. The predicted molar refractivity (Wildman–Crippen MR) is 225 cm³/mol. The number of benzene rings is 9. The molecule has 3 nitrogen and oxygen atoms in total. The van der Waals surface area contributed by atoms with Crippen LogP contribution in [0.25, 0.3) is 77.5 Å². The van der Waals surface area contributed by atoms with Crippen molar-refractivity contribution in [3.05, 3.63) is 206 Å². The lowest BCUT2D eigenvalue weighted by atomic mass is 9.97. The third kappa shape index (κ3) is 5.69. The fourth-order valence-corrected chi connectivity index (χ4v) is 7.60. The van der Waals surface area contributed by atoms with E-state index in [1.165, 1.54) is 21.9 Å². The summed E-state index contributed by atoms with van der Waals surface area (Å²) in [5.41, 5.74) is 12.8. The second-order valence-corrected chi connectivity index (χ2v) is 13.6. The molecule has 0 fully saturated rings. The summed E-state index contributed by atoms with van der Waals surface area (Å²) in [4.78, 5) is 7.30. The number of para-hydroxylation sites is 1. The molecule has 0 unspecified atom stereocenters. The Balaban J connectivity index is 0.974. The van der Waals surface area contributed by atoms with Crippen LogP contribution in [0.4, 0.5) is 17.1 Å². The summed E-state index contributed by atoms with van der Waals surface area (Å²) < 4.78 is 6.50. The highest BCUT2D eigenvalue weighted by Crippen LogP contribution is 2.40. The molecule has 3 heteroatoms. The van der Waals surface area contributed by atoms with Crippen LogP contribution in [0.15, 0.2) is 211 Å². The first-order valence-electron chi connectivity index (χ1n) is 18.3. The molecule has 0 N–H and O–H groups in total. The van der Waals surface area contributed by atoms with Crippen LogP contribution in [0.5, 0.6) is 0 Å². The Bertz CT molecular complexity index is 2890. The minimum atomic E-state index is 0.630. The minimum Gasteiger partial charge on any atom is -0.435 e. The van der Waals surface area contributed by atoms with Gasteiger partial charge in [-0.25, -0.2) is 4.98 Å². The molecule has 0 saturated heterocycles. The van der Waals surface area contributed by atoms with Crippen molar-refractivity contribution in [2.24, 2.45) is 0 Å². The Morgan fingerprint density at radius 2 is 0.852 bits per heavy atom. The third-order valence-corrected chi connectivity index (χ3v) is 10.3. The monoisotopic (exact) mass is 690 g/mol. The van der Waals surface area contributed by atoms with E-state index >= 15 is 0 Å². The topological polar surface area (TPSA) is 29.3 Å². The van der Waals surface area contributed by atoms with Gasteiger partial charge in [0, 0.05) is 33.6 Å². The van der Waals surface area contributed by atoms with Crippen LogP contribution in [0.2, 0.25) is 0 Å². The predicted octanol–water partition coefficient (Wildman–Crippen LogP) is 14.3. The fraction of sp³-hybridized carbons (Fsp3) is 0. The molecule has 0 aliphatic heterocycles. The Hall–Kier alpha value is -7.23. The van der Waals surface area contributed by atoms with Gasteiger partial charge in [-0.3, -0.25) is 0 Å². The molecule has 54 heavy (non-hydrogen) atoms. The average molecular weight is 691 g/mol. The van der Waals surface area contributed by atoms with E-state index in [4.69, 9.17) is 9.40 Å². The smallest absolute Gasteiger partial charge is 0.227 e. The summed E-state index contributed by atoms with van der Waals surface area (Å²) in [5.74, 6) is 0.630. The molecule has 0 atom stereocenters. The molecule has 254 valence electrons. The van der Waals surface area contributed by atoms with Crippen molar-refractivity contribution in [3.63, 3.8) is 0 Å². The van der Waals surface area contributed by atoms with Gasteiger partial charge in [-0.15, -0.1) is 0 Å². The highest BCUT2D eigenvalue weighted by atomic mass is 16.3. The summed E-state index contributed by atoms with van der Waals surface area (Å²) in [6.45, 7) is 0. The molecule has 9 aromatic carbocycles. The molecule has 0 bridgehead atoms. The van der Waals surface area contributed by atoms with Crippen molar-refractivity contribution in [2.75, 3.05) is 4.90 Å². The molecule has 1 aromatic heterocycles. The van der Waals surface area contributed by atoms with Crippen LogP contribution in [-0.4, -0.2) is 4.98 Å². The number of hydrogen-bond acceptors (Lipinski definition) is 3. The minimum absolute atomic E-state index is 0.630. The molecule has 1 heterocycles. The molecular formula is C51H34N2O. The average Bonchev–Trinajstić information content (AvgIpc) is 3.71. The maximum Gasteiger partial charge on any atom is 0.227 e. The zero-order valence-electron chi connectivity index (χ0n) is 29.4. The SMILES string of the molecule is c1ccc(-c2nc3c(o2)c(-c2ccc(-c4ccc(N(c5ccccc5)c5ccc(-c6cccc7ccccc67)cc5)cc4)cc2)cc2ccccc23)cc1. The van der Waals surface area contributed by atoms with Crippen molar-refractivity contribution in [2.45, 2.75) is 0 Å². The quantitative estimate of drug-likeness (QED) is 0.167. The van der Waals surface area contributed by atoms with Crippen molar-refractivity contribution >= 4 is 49.7 Å². The van der Waals surface area contributed by atoms with Gasteiger partial charge in [-0.2, -0.15) is 0 Å². The summed E-state index contributed by atoms with van der Waals surface area (Å²) in [6, 6.07) is 72.9. The summed E-state index contributed by atoms with van der Waals surface area (Å²) in [6.07, 6.45) is 0. The number of nitrogens with zero attached hydrogens (tertiary/aromatic N) is 2. The number of rotatable bonds is 7. The summed E-state index contributed by atoms with van der Waals surface area (Å²) in [7, 11) is 0. The first-order valence-corrected chi connectivity index (χ1v) is 18.3. The van der Waals surface area contributed by atoms with Crippen molar-refractivity contribution in [1.82, 2.24) is 4.98 Å². The molecule has 0 saturated carbocycles. The van der Waals surface area contributed by atoms with E-state index in [0.29, 0.717) is 5.89 Å². The lowest BCUT2D eigenvalue weighted by molar-refractivity contribution is 0.621. The number of anilines is 3. The third-order valence-electron chi connectivity index (χ3n) is 10.3. The number of hydrogen-bond donors (Lipinski definition) is 0. The van der Waals surface area contributed by atoms with Crippen molar-refractivity contribution in [3.8, 4) is 44.8 Å². The second kappa shape index (κ2) is 13.4. The van der Waals surface area contributed by atoms with Gasteiger partial charge < -0.3 is 9.32 Å². The van der Waals surface area contributed by atoms with Crippen LogP contribution in [0.1, 0.15) is 0 Å². The molecule has 0 aliphatic rings. The summed E-state index contributed by atoms with van der Waals surface area (Å²) >= 11 is 0. The van der Waals surface area contributed by atoms with E-state index < -0.39 is 0 Å². The number of aromatic nitrogens is 1. The highest BCUT2D eigenvalue weighted by molar-refractivity contribution is 6.10.